The quantitative estimate of drug-likeness (QED) is 0.543. The molecule has 0 N–H and O–H groups in total. The Morgan fingerprint density at radius 3 is 2.48 bits per heavy atom. The van der Waals surface area contributed by atoms with E-state index in [-0.39, 0.29) is 10.6 Å². The predicted octanol–water partition coefficient (Wildman–Crippen LogP) is 3.12. The van der Waals surface area contributed by atoms with Gasteiger partial charge < -0.3 is 8.60 Å². The first-order valence-electron chi connectivity index (χ1n) is 7.06. The third-order valence-corrected chi connectivity index (χ3v) is 4.68. The molecule has 0 spiro atoms. The van der Waals surface area contributed by atoms with Gasteiger partial charge in [0.1, 0.15) is 16.2 Å². The minimum Gasteiger partial charge on any atom is -0.423 e. The molecule has 0 amide bonds. The molecule has 0 saturated carbocycles. The highest BCUT2D eigenvalue weighted by atomic mass is 32.2. The van der Waals surface area contributed by atoms with Crippen molar-refractivity contribution in [3.63, 3.8) is 0 Å². The van der Waals surface area contributed by atoms with E-state index in [0.29, 0.717) is 12.0 Å². The van der Waals surface area contributed by atoms with Gasteiger partial charge >= 0.3 is 15.7 Å². The SMILES string of the molecule is CCc1cc(=O)oc2cc(OS(=O)(=O)c3ccccc3)ccc12. The molecule has 0 aliphatic carbocycles. The maximum Gasteiger partial charge on any atom is 0.339 e. The summed E-state index contributed by atoms with van der Waals surface area (Å²) in [5.74, 6) is 0.0951. The van der Waals surface area contributed by atoms with Crippen molar-refractivity contribution in [3.8, 4) is 5.75 Å². The first kappa shape index (κ1) is 15.3. The molecule has 0 radical (unpaired) electrons. The first-order chi connectivity index (χ1) is 11.0. The summed E-state index contributed by atoms with van der Waals surface area (Å²) >= 11 is 0. The molecule has 1 heterocycles. The fourth-order valence-electron chi connectivity index (χ4n) is 2.32. The van der Waals surface area contributed by atoms with Crippen molar-refractivity contribution in [1.29, 1.82) is 0 Å². The van der Waals surface area contributed by atoms with Gasteiger partial charge in [-0.2, -0.15) is 8.42 Å². The van der Waals surface area contributed by atoms with Gasteiger partial charge in [0.25, 0.3) is 0 Å². The van der Waals surface area contributed by atoms with Gasteiger partial charge in [-0.15, -0.1) is 0 Å². The molecule has 1 aromatic heterocycles. The van der Waals surface area contributed by atoms with Gasteiger partial charge in [-0.05, 0) is 36.2 Å². The smallest absolute Gasteiger partial charge is 0.339 e. The molecular weight excluding hydrogens is 316 g/mol. The number of benzene rings is 2. The van der Waals surface area contributed by atoms with Crippen molar-refractivity contribution in [2.75, 3.05) is 0 Å². The van der Waals surface area contributed by atoms with E-state index in [1.165, 1.54) is 24.3 Å². The Balaban J connectivity index is 2.03. The normalized spacial score (nSPS) is 11.5. The Kier molecular flexibility index (Phi) is 3.92. The van der Waals surface area contributed by atoms with Gasteiger partial charge in [0, 0.05) is 17.5 Å². The zero-order valence-corrected chi connectivity index (χ0v) is 13.2. The summed E-state index contributed by atoms with van der Waals surface area (Å²) in [4.78, 5) is 11.6. The Morgan fingerprint density at radius 1 is 1.04 bits per heavy atom. The molecule has 23 heavy (non-hydrogen) atoms. The molecule has 3 aromatic rings. The lowest BCUT2D eigenvalue weighted by Gasteiger charge is -2.08. The monoisotopic (exact) mass is 330 g/mol. The van der Waals surface area contributed by atoms with Gasteiger partial charge in [-0.1, -0.05) is 25.1 Å². The molecule has 0 fully saturated rings. The second-order valence-electron chi connectivity index (χ2n) is 4.95. The van der Waals surface area contributed by atoms with E-state index >= 15 is 0 Å². The molecule has 6 heteroatoms. The van der Waals surface area contributed by atoms with Gasteiger partial charge in [-0.25, -0.2) is 4.79 Å². The fourth-order valence-corrected chi connectivity index (χ4v) is 3.26. The summed E-state index contributed by atoms with van der Waals surface area (Å²) in [7, 11) is -3.93. The maximum absolute atomic E-state index is 12.2. The molecule has 3 rings (SSSR count). The van der Waals surface area contributed by atoms with Crippen molar-refractivity contribution in [1.82, 2.24) is 0 Å². The minimum atomic E-state index is -3.93. The highest BCUT2D eigenvalue weighted by Gasteiger charge is 2.16. The van der Waals surface area contributed by atoms with Crippen LogP contribution in [-0.2, 0) is 16.5 Å². The Labute approximate surface area is 133 Å². The molecular formula is C17H14O5S. The van der Waals surface area contributed by atoms with Crippen LogP contribution < -0.4 is 9.81 Å². The summed E-state index contributed by atoms with van der Waals surface area (Å²) in [5.41, 5.74) is 0.668. The second kappa shape index (κ2) is 5.89. The van der Waals surface area contributed by atoms with E-state index in [2.05, 4.69) is 0 Å². The molecule has 5 nitrogen and oxygen atoms in total. The van der Waals surface area contributed by atoms with E-state index in [0.717, 1.165) is 10.9 Å². The van der Waals surface area contributed by atoms with E-state index < -0.39 is 15.7 Å². The maximum atomic E-state index is 12.2. The standard InChI is InChI=1S/C17H14O5S/c1-2-12-10-17(18)21-16-11-13(8-9-15(12)16)22-23(19,20)14-6-4-3-5-7-14/h3-11H,2H2,1H3. The molecule has 0 saturated heterocycles. The number of hydrogen-bond donors (Lipinski definition) is 0. The highest BCUT2D eigenvalue weighted by molar-refractivity contribution is 7.87. The lowest BCUT2D eigenvalue weighted by atomic mass is 10.1. The average molecular weight is 330 g/mol. The molecule has 118 valence electrons. The number of fused-ring (bicyclic) bond motifs is 1. The zero-order valence-electron chi connectivity index (χ0n) is 12.4. The molecule has 0 aliphatic rings. The van der Waals surface area contributed by atoms with Gasteiger partial charge in [0.05, 0.1) is 0 Å². The fraction of sp³-hybridized carbons (Fsp3) is 0.118. The van der Waals surface area contributed by atoms with Crippen molar-refractivity contribution < 1.29 is 17.0 Å². The van der Waals surface area contributed by atoms with Crippen LogP contribution in [0.3, 0.4) is 0 Å². The van der Waals surface area contributed by atoms with Crippen LogP contribution in [0.25, 0.3) is 11.0 Å². The summed E-state index contributed by atoms with van der Waals surface area (Å²) in [5, 5.41) is 0.761. The van der Waals surface area contributed by atoms with Gasteiger partial charge in [0.2, 0.25) is 0 Å². The third kappa shape index (κ3) is 3.12. The predicted molar refractivity (Wildman–Crippen MR) is 86.1 cm³/mol. The highest BCUT2D eigenvalue weighted by Crippen LogP contribution is 2.25. The van der Waals surface area contributed by atoms with Crippen LogP contribution in [0.5, 0.6) is 5.75 Å². The Morgan fingerprint density at radius 2 is 1.78 bits per heavy atom. The summed E-state index contributed by atoms with van der Waals surface area (Å²) in [6.45, 7) is 1.93. The topological polar surface area (TPSA) is 73.6 Å². The van der Waals surface area contributed by atoms with Crippen LogP contribution in [-0.4, -0.2) is 8.42 Å². The summed E-state index contributed by atoms with van der Waals surface area (Å²) in [6, 6.07) is 13.9. The average Bonchev–Trinajstić information content (AvgIpc) is 2.54. The van der Waals surface area contributed by atoms with Crippen molar-refractivity contribution >= 4 is 21.1 Å². The Bertz CT molecular complexity index is 1000. The van der Waals surface area contributed by atoms with Crippen LogP contribution in [0.15, 0.2) is 68.7 Å². The van der Waals surface area contributed by atoms with Crippen LogP contribution in [0.2, 0.25) is 0 Å². The van der Waals surface area contributed by atoms with Gasteiger partial charge in [0.15, 0.2) is 0 Å². The number of hydrogen-bond acceptors (Lipinski definition) is 5. The molecule has 0 bridgehead atoms. The van der Waals surface area contributed by atoms with E-state index in [4.69, 9.17) is 8.60 Å². The van der Waals surface area contributed by atoms with Crippen LogP contribution in [0.1, 0.15) is 12.5 Å². The second-order valence-corrected chi connectivity index (χ2v) is 6.50. The third-order valence-electron chi connectivity index (χ3n) is 3.42. The van der Waals surface area contributed by atoms with E-state index in [1.54, 1.807) is 30.3 Å². The summed E-state index contributed by atoms with van der Waals surface area (Å²) in [6.07, 6.45) is 0.671. The zero-order chi connectivity index (χ0) is 16.4. The van der Waals surface area contributed by atoms with Crippen molar-refractivity contribution in [2.24, 2.45) is 0 Å². The molecule has 2 aromatic carbocycles. The van der Waals surface area contributed by atoms with Crippen LogP contribution in [0, 0.1) is 0 Å². The molecule has 0 aliphatic heterocycles. The minimum absolute atomic E-state index is 0.0591. The molecule has 0 atom stereocenters. The van der Waals surface area contributed by atoms with Crippen molar-refractivity contribution in [3.05, 3.63) is 70.6 Å². The molecule has 0 unspecified atom stereocenters. The van der Waals surface area contributed by atoms with Crippen molar-refractivity contribution in [2.45, 2.75) is 18.2 Å². The first-order valence-corrected chi connectivity index (χ1v) is 8.47. The summed E-state index contributed by atoms with van der Waals surface area (Å²) < 4.78 is 34.7. The largest absolute Gasteiger partial charge is 0.423 e. The van der Waals surface area contributed by atoms with E-state index in [1.807, 2.05) is 6.92 Å². The van der Waals surface area contributed by atoms with Crippen LogP contribution in [0.4, 0.5) is 0 Å². The lowest BCUT2D eigenvalue weighted by Crippen LogP contribution is -2.09. The van der Waals surface area contributed by atoms with E-state index in [9.17, 15) is 13.2 Å². The lowest BCUT2D eigenvalue weighted by molar-refractivity contribution is 0.485. The van der Waals surface area contributed by atoms with Crippen LogP contribution >= 0.6 is 0 Å². The number of rotatable bonds is 4. The number of aryl methyl sites for hydroxylation is 1. The Hall–Kier alpha value is -2.60. The van der Waals surface area contributed by atoms with Gasteiger partial charge in [-0.3, -0.25) is 0 Å².